The zero-order valence-corrected chi connectivity index (χ0v) is 12.9. The molecule has 0 saturated carbocycles. The zero-order valence-electron chi connectivity index (χ0n) is 12.1. The van der Waals surface area contributed by atoms with E-state index in [1.54, 1.807) is 24.3 Å². The summed E-state index contributed by atoms with van der Waals surface area (Å²) in [6.07, 6.45) is 0.689. The minimum atomic E-state index is -0.252. The van der Waals surface area contributed by atoms with Crippen molar-refractivity contribution in [1.82, 2.24) is 10.3 Å². The number of nitrogens with zero attached hydrogens (tertiary/aromatic N) is 3. The van der Waals surface area contributed by atoms with Crippen LogP contribution in [0.2, 0.25) is 5.02 Å². The lowest BCUT2D eigenvalue weighted by molar-refractivity contribution is -0.123. The Balaban J connectivity index is 2.13. The molecule has 1 saturated heterocycles. The van der Waals surface area contributed by atoms with Crippen molar-refractivity contribution < 1.29 is 4.79 Å². The molecule has 1 atom stereocenters. The Morgan fingerprint density at radius 3 is 3.05 bits per heavy atom. The third kappa shape index (κ3) is 2.46. The quantitative estimate of drug-likeness (QED) is 0.924. The maximum Gasteiger partial charge on any atom is 0.242 e. The van der Waals surface area contributed by atoms with E-state index >= 15 is 0 Å². The highest BCUT2D eigenvalue weighted by Gasteiger charge is 2.29. The smallest absolute Gasteiger partial charge is 0.242 e. The van der Waals surface area contributed by atoms with Crippen molar-refractivity contribution in [3.63, 3.8) is 0 Å². The summed E-state index contributed by atoms with van der Waals surface area (Å²) in [5.41, 5.74) is 1.22. The number of pyridine rings is 1. The van der Waals surface area contributed by atoms with Gasteiger partial charge in [-0.3, -0.25) is 4.79 Å². The minimum absolute atomic E-state index is 0.00487. The van der Waals surface area contributed by atoms with E-state index in [4.69, 9.17) is 11.6 Å². The van der Waals surface area contributed by atoms with E-state index in [1.165, 1.54) is 0 Å². The van der Waals surface area contributed by atoms with Crippen molar-refractivity contribution >= 4 is 34.2 Å². The first kappa shape index (κ1) is 14.6. The van der Waals surface area contributed by atoms with E-state index in [1.807, 2.05) is 11.8 Å². The summed E-state index contributed by atoms with van der Waals surface area (Å²) in [4.78, 5) is 18.6. The lowest BCUT2D eigenvalue weighted by Crippen LogP contribution is -2.55. The van der Waals surface area contributed by atoms with Crippen LogP contribution in [0.3, 0.4) is 0 Å². The van der Waals surface area contributed by atoms with Crippen LogP contribution in [0.4, 0.5) is 5.82 Å². The number of amides is 1. The molecule has 1 unspecified atom stereocenters. The summed E-state index contributed by atoms with van der Waals surface area (Å²) in [6, 6.07) is 8.97. The molecule has 1 N–H and O–H groups in total. The van der Waals surface area contributed by atoms with Crippen LogP contribution in [0.1, 0.15) is 18.9 Å². The molecule has 0 bridgehead atoms. The molecule has 0 radical (unpaired) electrons. The molecular weight excluding hydrogens is 300 g/mol. The molecule has 6 heteroatoms. The Morgan fingerprint density at radius 2 is 2.32 bits per heavy atom. The topological polar surface area (TPSA) is 69.0 Å². The highest BCUT2D eigenvalue weighted by molar-refractivity contribution is 6.31. The summed E-state index contributed by atoms with van der Waals surface area (Å²) in [6.45, 7) is 3.23. The van der Waals surface area contributed by atoms with E-state index < -0.39 is 0 Å². The number of nitrogens with one attached hydrogen (secondary N) is 1. The van der Waals surface area contributed by atoms with Crippen LogP contribution >= 0.6 is 11.6 Å². The van der Waals surface area contributed by atoms with Gasteiger partial charge in [-0.05, 0) is 30.7 Å². The Hall–Kier alpha value is -2.32. The average Bonchev–Trinajstić information content (AvgIpc) is 2.53. The second kappa shape index (κ2) is 5.82. The van der Waals surface area contributed by atoms with Crippen LogP contribution in [0.15, 0.2) is 24.3 Å². The highest BCUT2D eigenvalue weighted by atomic mass is 35.5. The van der Waals surface area contributed by atoms with Gasteiger partial charge >= 0.3 is 0 Å². The van der Waals surface area contributed by atoms with Gasteiger partial charge in [0.05, 0.1) is 17.1 Å². The molecule has 1 aromatic heterocycles. The van der Waals surface area contributed by atoms with Crippen molar-refractivity contribution in [2.75, 3.05) is 18.0 Å². The molecule has 1 aliphatic heterocycles. The molecular formula is C16H15ClN4O. The van der Waals surface area contributed by atoms with E-state index in [0.717, 1.165) is 5.39 Å². The van der Waals surface area contributed by atoms with E-state index in [-0.39, 0.29) is 11.9 Å². The number of carbonyl (C=O) groups excluding carboxylic acids is 1. The minimum Gasteiger partial charge on any atom is -0.353 e. The van der Waals surface area contributed by atoms with Gasteiger partial charge in [0, 0.05) is 23.5 Å². The number of benzene rings is 1. The molecule has 1 amide bonds. The molecule has 1 aromatic carbocycles. The lowest BCUT2D eigenvalue weighted by Gasteiger charge is -2.35. The Kier molecular flexibility index (Phi) is 3.86. The molecule has 22 heavy (non-hydrogen) atoms. The highest BCUT2D eigenvalue weighted by Crippen LogP contribution is 2.27. The molecule has 1 fully saturated rings. The summed E-state index contributed by atoms with van der Waals surface area (Å²) >= 11 is 6.00. The van der Waals surface area contributed by atoms with Crippen LogP contribution in [0.5, 0.6) is 0 Å². The second-order valence-corrected chi connectivity index (χ2v) is 5.65. The van der Waals surface area contributed by atoms with Crippen molar-refractivity contribution in [1.29, 1.82) is 5.26 Å². The number of hydrogen-bond acceptors (Lipinski definition) is 4. The van der Waals surface area contributed by atoms with E-state index in [0.29, 0.717) is 41.4 Å². The van der Waals surface area contributed by atoms with Gasteiger partial charge in [-0.1, -0.05) is 18.5 Å². The van der Waals surface area contributed by atoms with Gasteiger partial charge in [-0.2, -0.15) is 5.26 Å². The largest absolute Gasteiger partial charge is 0.353 e. The van der Waals surface area contributed by atoms with Crippen LogP contribution in [0, 0.1) is 11.3 Å². The number of hydrogen-bond donors (Lipinski definition) is 1. The summed E-state index contributed by atoms with van der Waals surface area (Å²) in [5.74, 6) is 0.665. The van der Waals surface area contributed by atoms with Crippen molar-refractivity contribution in [2.45, 2.75) is 19.4 Å². The first-order valence-electron chi connectivity index (χ1n) is 7.18. The molecule has 0 spiro atoms. The maximum absolute atomic E-state index is 12.0. The molecule has 0 aliphatic carbocycles. The molecule has 2 heterocycles. The number of rotatable bonds is 2. The standard InChI is InChI=1S/C16H15ClN4O/c1-2-14-16(22)19-5-6-21(14)15-7-10(9-18)12-8-11(17)3-4-13(12)20-15/h3-4,7-8,14H,2,5-6H2,1H3,(H,19,22). The third-order valence-corrected chi connectivity index (χ3v) is 4.12. The first-order valence-corrected chi connectivity index (χ1v) is 7.56. The van der Waals surface area contributed by atoms with Gasteiger partial charge in [0.2, 0.25) is 5.91 Å². The SMILES string of the molecule is CCC1C(=O)NCCN1c1cc(C#N)c2cc(Cl)ccc2n1. The first-order chi connectivity index (χ1) is 10.6. The second-order valence-electron chi connectivity index (χ2n) is 5.21. The zero-order chi connectivity index (χ0) is 15.7. The average molecular weight is 315 g/mol. The number of nitriles is 1. The summed E-state index contributed by atoms with van der Waals surface area (Å²) in [7, 11) is 0. The molecule has 1 aliphatic rings. The number of fused-ring (bicyclic) bond motifs is 1. The Bertz CT molecular complexity index is 784. The van der Waals surface area contributed by atoms with Gasteiger partial charge in [-0.15, -0.1) is 0 Å². The van der Waals surface area contributed by atoms with Crippen molar-refractivity contribution in [2.24, 2.45) is 0 Å². The Labute approximate surface area is 133 Å². The van der Waals surface area contributed by atoms with Crippen LogP contribution in [0.25, 0.3) is 10.9 Å². The fraction of sp³-hybridized carbons (Fsp3) is 0.312. The number of anilines is 1. The number of aromatic nitrogens is 1. The van der Waals surface area contributed by atoms with Gasteiger partial charge in [0.1, 0.15) is 11.9 Å². The number of carbonyl (C=O) groups is 1. The maximum atomic E-state index is 12.0. The van der Waals surface area contributed by atoms with Gasteiger partial charge in [0.15, 0.2) is 0 Å². The van der Waals surface area contributed by atoms with Crippen LogP contribution in [-0.2, 0) is 4.79 Å². The third-order valence-electron chi connectivity index (χ3n) is 3.89. The fourth-order valence-corrected chi connectivity index (χ4v) is 2.99. The molecule has 2 aromatic rings. The van der Waals surface area contributed by atoms with Crippen LogP contribution < -0.4 is 10.2 Å². The van der Waals surface area contributed by atoms with Gasteiger partial charge in [-0.25, -0.2) is 4.98 Å². The Morgan fingerprint density at radius 1 is 1.50 bits per heavy atom. The van der Waals surface area contributed by atoms with Gasteiger partial charge < -0.3 is 10.2 Å². The summed E-state index contributed by atoms with van der Waals surface area (Å²) < 4.78 is 0. The molecule has 5 nitrogen and oxygen atoms in total. The predicted octanol–water partition coefficient (Wildman–Crippen LogP) is 2.47. The fourth-order valence-electron chi connectivity index (χ4n) is 2.82. The monoisotopic (exact) mass is 314 g/mol. The van der Waals surface area contributed by atoms with Gasteiger partial charge in [0.25, 0.3) is 0 Å². The van der Waals surface area contributed by atoms with Crippen molar-refractivity contribution in [3.05, 3.63) is 34.9 Å². The van der Waals surface area contributed by atoms with Crippen molar-refractivity contribution in [3.8, 4) is 6.07 Å². The number of piperazine rings is 1. The summed E-state index contributed by atoms with van der Waals surface area (Å²) in [5, 5.41) is 13.6. The normalized spacial score (nSPS) is 18.1. The predicted molar refractivity (Wildman–Crippen MR) is 85.9 cm³/mol. The lowest BCUT2D eigenvalue weighted by atomic mass is 10.1. The molecule has 3 rings (SSSR count). The molecule has 112 valence electrons. The van der Waals surface area contributed by atoms with Crippen LogP contribution in [-0.4, -0.2) is 30.0 Å². The number of halogens is 1. The van der Waals surface area contributed by atoms with E-state index in [2.05, 4.69) is 16.4 Å². The van der Waals surface area contributed by atoms with E-state index in [9.17, 15) is 10.1 Å².